The quantitative estimate of drug-likeness (QED) is 0.244. The highest BCUT2D eigenvalue weighted by Gasteiger charge is 2.14. The van der Waals surface area contributed by atoms with Crippen molar-refractivity contribution < 1.29 is 24.1 Å². The van der Waals surface area contributed by atoms with E-state index in [0.717, 1.165) is 9.13 Å². The number of methoxy groups -OCH3 is 2. The summed E-state index contributed by atoms with van der Waals surface area (Å²) >= 11 is 2.10. The molecular formula is C24H21IO5. The number of hydrogen-bond donors (Lipinski definition) is 1. The van der Waals surface area contributed by atoms with E-state index in [2.05, 4.69) is 22.6 Å². The van der Waals surface area contributed by atoms with Gasteiger partial charge in [0.05, 0.1) is 19.8 Å². The fraction of sp³-hybridized carbons (Fsp3) is 0.125. The molecule has 0 amide bonds. The maximum Gasteiger partial charge on any atom is 0.203 e. The number of phenols is 1. The van der Waals surface area contributed by atoms with Crippen molar-refractivity contribution in [1.82, 2.24) is 0 Å². The fourth-order valence-corrected chi connectivity index (χ4v) is 3.33. The minimum Gasteiger partial charge on any atom is -0.507 e. The number of hydrogen-bond acceptors (Lipinski definition) is 5. The van der Waals surface area contributed by atoms with E-state index < -0.39 is 0 Å². The van der Waals surface area contributed by atoms with Gasteiger partial charge in [-0.3, -0.25) is 4.79 Å². The first kappa shape index (κ1) is 21.7. The van der Waals surface area contributed by atoms with Crippen LogP contribution in [0.3, 0.4) is 0 Å². The highest BCUT2D eigenvalue weighted by molar-refractivity contribution is 14.1. The van der Waals surface area contributed by atoms with Gasteiger partial charge >= 0.3 is 0 Å². The third kappa shape index (κ3) is 5.33. The van der Waals surface area contributed by atoms with Gasteiger partial charge in [0.15, 0.2) is 17.3 Å². The second-order valence-corrected chi connectivity index (χ2v) is 7.63. The van der Waals surface area contributed by atoms with Crippen molar-refractivity contribution in [2.24, 2.45) is 0 Å². The molecule has 5 nitrogen and oxygen atoms in total. The molecule has 0 heterocycles. The van der Waals surface area contributed by atoms with Gasteiger partial charge in [-0.05, 0) is 70.1 Å². The number of ether oxygens (including phenoxy) is 3. The van der Waals surface area contributed by atoms with Gasteiger partial charge in [-0.15, -0.1) is 0 Å². The Hall–Kier alpha value is -3.00. The molecule has 6 heteroatoms. The Balaban J connectivity index is 1.84. The van der Waals surface area contributed by atoms with E-state index in [1.165, 1.54) is 12.1 Å². The van der Waals surface area contributed by atoms with Gasteiger partial charge in [0.1, 0.15) is 12.4 Å². The highest BCUT2D eigenvalue weighted by Crippen LogP contribution is 2.39. The lowest BCUT2D eigenvalue weighted by atomic mass is 10.1. The van der Waals surface area contributed by atoms with Crippen LogP contribution in [0.1, 0.15) is 21.5 Å². The molecular weight excluding hydrogens is 495 g/mol. The molecule has 0 bridgehead atoms. The van der Waals surface area contributed by atoms with Crippen LogP contribution in [0.2, 0.25) is 0 Å². The number of carbonyl (C=O) groups is 1. The van der Waals surface area contributed by atoms with Crippen LogP contribution >= 0.6 is 22.6 Å². The Bertz CT molecular complexity index is 1040. The molecule has 3 rings (SSSR count). The van der Waals surface area contributed by atoms with E-state index in [1.54, 1.807) is 44.6 Å². The summed E-state index contributed by atoms with van der Waals surface area (Å²) in [5.74, 6) is 1.13. The van der Waals surface area contributed by atoms with E-state index in [4.69, 9.17) is 14.2 Å². The molecule has 0 aliphatic carbocycles. The van der Waals surface area contributed by atoms with Crippen molar-refractivity contribution in [3.63, 3.8) is 0 Å². The monoisotopic (exact) mass is 516 g/mol. The van der Waals surface area contributed by atoms with Crippen LogP contribution in [0.4, 0.5) is 0 Å². The number of halogens is 1. The van der Waals surface area contributed by atoms with Crippen LogP contribution in [-0.2, 0) is 6.61 Å². The summed E-state index contributed by atoms with van der Waals surface area (Å²) < 4.78 is 17.8. The molecule has 30 heavy (non-hydrogen) atoms. The molecule has 0 aliphatic heterocycles. The number of carbonyl (C=O) groups excluding carboxylic acids is 1. The molecule has 0 unspecified atom stereocenters. The van der Waals surface area contributed by atoms with Crippen molar-refractivity contribution >= 4 is 34.5 Å². The lowest BCUT2D eigenvalue weighted by Crippen LogP contribution is -2.01. The summed E-state index contributed by atoms with van der Waals surface area (Å²) in [6.45, 7) is 0.368. The van der Waals surface area contributed by atoms with Gasteiger partial charge in [-0.1, -0.05) is 36.4 Å². The zero-order chi connectivity index (χ0) is 21.5. The second kappa shape index (κ2) is 10.2. The summed E-state index contributed by atoms with van der Waals surface area (Å²) in [5.41, 5.74) is 1.97. The Morgan fingerprint density at radius 2 is 1.67 bits per heavy atom. The van der Waals surface area contributed by atoms with Gasteiger partial charge in [0, 0.05) is 3.57 Å². The van der Waals surface area contributed by atoms with Crippen LogP contribution in [-0.4, -0.2) is 25.1 Å². The minimum atomic E-state index is -0.298. The Morgan fingerprint density at radius 1 is 1.00 bits per heavy atom. The number of ketones is 1. The molecule has 0 aromatic heterocycles. The average Bonchev–Trinajstić information content (AvgIpc) is 2.78. The average molecular weight is 516 g/mol. The van der Waals surface area contributed by atoms with Crippen LogP contribution in [0.5, 0.6) is 23.0 Å². The van der Waals surface area contributed by atoms with Gasteiger partial charge in [-0.25, -0.2) is 0 Å². The van der Waals surface area contributed by atoms with Crippen LogP contribution < -0.4 is 14.2 Å². The molecule has 0 atom stereocenters. The minimum absolute atomic E-state index is 0.0510. The third-order valence-electron chi connectivity index (χ3n) is 4.36. The number of allylic oxidation sites excluding steroid dienone is 1. The first-order chi connectivity index (χ1) is 14.5. The van der Waals surface area contributed by atoms with Gasteiger partial charge in [0.25, 0.3) is 0 Å². The molecule has 1 N–H and O–H groups in total. The summed E-state index contributed by atoms with van der Waals surface area (Å²) in [4.78, 5) is 12.5. The number of phenolic OH excluding ortho intramolecular Hbond substituents is 1. The summed E-state index contributed by atoms with van der Waals surface area (Å²) in [6.07, 6.45) is 3.05. The molecule has 0 saturated heterocycles. The van der Waals surface area contributed by atoms with Crippen molar-refractivity contribution in [2.45, 2.75) is 6.61 Å². The predicted octanol–water partition coefficient (Wildman–Crippen LogP) is 5.49. The lowest BCUT2D eigenvalue weighted by Gasteiger charge is -2.15. The molecule has 0 fully saturated rings. The molecule has 0 radical (unpaired) electrons. The Morgan fingerprint density at radius 3 is 2.30 bits per heavy atom. The van der Waals surface area contributed by atoms with Crippen LogP contribution in [0, 0.1) is 3.57 Å². The van der Waals surface area contributed by atoms with E-state index in [-0.39, 0.29) is 17.1 Å². The maximum absolute atomic E-state index is 12.5. The summed E-state index contributed by atoms with van der Waals surface area (Å²) in [6, 6.07) is 18.2. The normalized spacial score (nSPS) is 10.8. The SMILES string of the molecule is COc1cc(C=CC(=O)c2cc(I)ccc2O)cc(OC)c1OCc1ccccc1. The summed E-state index contributed by atoms with van der Waals surface area (Å²) in [5, 5.41) is 9.94. The van der Waals surface area contributed by atoms with E-state index in [0.29, 0.717) is 29.4 Å². The van der Waals surface area contributed by atoms with Crippen LogP contribution in [0.25, 0.3) is 6.08 Å². The molecule has 3 aromatic carbocycles. The zero-order valence-corrected chi connectivity index (χ0v) is 18.8. The predicted molar refractivity (Wildman–Crippen MR) is 125 cm³/mol. The molecule has 0 aliphatic rings. The first-order valence-corrected chi connectivity index (χ1v) is 10.2. The standard InChI is InChI=1S/C24H21IO5/c1-28-22-12-17(8-10-20(26)19-14-18(25)9-11-21(19)27)13-23(29-2)24(22)30-15-16-6-4-3-5-7-16/h3-14,27H,15H2,1-2H3. The summed E-state index contributed by atoms with van der Waals surface area (Å²) in [7, 11) is 3.10. The second-order valence-electron chi connectivity index (χ2n) is 6.39. The smallest absolute Gasteiger partial charge is 0.203 e. The fourth-order valence-electron chi connectivity index (χ4n) is 2.84. The largest absolute Gasteiger partial charge is 0.507 e. The number of aromatic hydroxyl groups is 1. The first-order valence-electron chi connectivity index (χ1n) is 9.15. The van der Waals surface area contributed by atoms with Gasteiger partial charge < -0.3 is 19.3 Å². The number of rotatable bonds is 8. The van der Waals surface area contributed by atoms with E-state index in [9.17, 15) is 9.90 Å². The van der Waals surface area contributed by atoms with E-state index >= 15 is 0 Å². The van der Waals surface area contributed by atoms with Crippen molar-refractivity contribution in [1.29, 1.82) is 0 Å². The van der Waals surface area contributed by atoms with Crippen molar-refractivity contribution in [3.05, 3.63) is 87.0 Å². The van der Waals surface area contributed by atoms with Gasteiger partial charge in [0.2, 0.25) is 5.75 Å². The van der Waals surface area contributed by atoms with Crippen LogP contribution in [0.15, 0.2) is 66.7 Å². The number of benzene rings is 3. The van der Waals surface area contributed by atoms with Gasteiger partial charge in [-0.2, -0.15) is 0 Å². The third-order valence-corrected chi connectivity index (χ3v) is 5.03. The molecule has 154 valence electrons. The highest BCUT2D eigenvalue weighted by atomic mass is 127. The topological polar surface area (TPSA) is 65.0 Å². The van der Waals surface area contributed by atoms with E-state index in [1.807, 2.05) is 30.3 Å². The lowest BCUT2D eigenvalue weighted by molar-refractivity contribution is 0.104. The molecule has 0 spiro atoms. The van der Waals surface area contributed by atoms with Crippen molar-refractivity contribution in [3.8, 4) is 23.0 Å². The van der Waals surface area contributed by atoms with Crippen molar-refractivity contribution in [2.75, 3.05) is 14.2 Å². The Kier molecular flexibility index (Phi) is 7.35. The zero-order valence-electron chi connectivity index (χ0n) is 16.6. The maximum atomic E-state index is 12.5. The Labute approximate surface area is 189 Å². The molecule has 0 saturated carbocycles. The molecule has 3 aromatic rings.